The Kier molecular flexibility index (Phi) is 5.01. The largest absolute Gasteiger partial charge is 0.390 e. The lowest BCUT2D eigenvalue weighted by molar-refractivity contribution is 0.0346. The number of aliphatic hydroxyl groups is 1. The highest BCUT2D eigenvalue weighted by Gasteiger charge is 2.31. The van der Waals surface area contributed by atoms with Crippen molar-refractivity contribution >= 4 is 5.91 Å². The first kappa shape index (κ1) is 18.2. The van der Waals surface area contributed by atoms with E-state index < -0.39 is 6.10 Å². The van der Waals surface area contributed by atoms with Crippen molar-refractivity contribution < 1.29 is 14.4 Å². The summed E-state index contributed by atoms with van der Waals surface area (Å²) < 4.78 is 5.22. The van der Waals surface area contributed by atoms with E-state index in [1.165, 1.54) is 0 Å². The van der Waals surface area contributed by atoms with Gasteiger partial charge in [0.05, 0.1) is 17.8 Å². The van der Waals surface area contributed by atoms with Crippen LogP contribution in [0.4, 0.5) is 0 Å². The lowest BCUT2D eigenvalue weighted by Gasteiger charge is -2.36. The van der Waals surface area contributed by atoms with E-state index in [4.69, 9.17) is 4.52 Å². The number of piperidine rings is 1. The van der Waals surface area contributed by atoms with Crippen molar-refractivity contribution in [3.05, 3.63) is 34.0 Å². The number of aryl methyl sites for hydroxylation is 3. The molecule has 0 saturated carbocycles. The third-order valence-corrected chi connectivity index (χ3v) is 5.82. The number of likely N-dealkylation sites (tertiary alicyclic amines) is 1. The van der Waals surface area contributed by atoms with Crippen LogP contribution in [0.1, 0.15) is 58.0 Å². The number of β-amino-alcohol motifs (C(OH)–C–C–N with tert-alkyl or cyclic N) is 1. The first-order chi connectivity index (χ1) is 13.0. The molecule has 0 radical (unpaired) electrons. The number of hydrogen-bond acceptors (Lipinski definition) is 6. The van der Waals surface area contributed by atoms with E-state index in [-0.39, 0.29) is 11.9 Å². The second-order valence-corrected chi connectivity index (χ2v) is 7.71. The number of fused-ring (bicyclic) bond motifs is 1. The van der Waals surface area contributed by atoms with E-state index in [2.05, 4.69) is 25.6 Å². The van der Waals surface area contributed by atoms with Gasteiger partial charge in [-0.1, -0.05) is 5.16 Å². The summed E-state index contributed by atoms with van der Waals surface area (Å²) in [6.07, 6.45) is 4.17. The lowest BCUT2D eigenvalue weighted by atomic mass is 9.95. The van der Waals surface area contributed by atoms with Crippen LogP contribution in [-0.4, -0.2) is 56.5 Å². The zero-order chi connectivity index (χ0) is 19.0. The molecule has 2 atom stereocenters. The van der Waals surface area contributed by atoms with Crippen molar-refractivity contribution in [3.8, 4) is 0 Å². The van der Waals surface area contributed by atoms with Crippen LogP contribution in [0.25, 0.3) is 0 Å². The first-order valence-electron chi connectivity index (χ1n) is 9.72. The molecule has 0 bridgehead atoms. The van der Waals surface area contributed by atoms with Crippen molar-refractivity contribution in [2.75, 3.05) is 13.1 Å². The van der Waals surface area contributed by atoms with Gasteiger partial charge in [-0.15, -0.1) is 0 Å². The van der Waals surface area contributed by atoms with Crippen LogP contribution in [0.3, 0.4) is 0 Å². The molecule has 1 aliphatic heterocycles. The summed E-state index contributed by atoms with van der Waals surface area (Å²) in [6.45, 7) is 5.84. The number of nitrogens with one attached hydrogen (secondary N) is 2. The summed E-state index contributed by atoms with van der Waals surface area (Å²) in [6, 6.07) is -0.255. The summed E-state index contributed by atoms with van der Waals surface area (Å²) in [5.41, 5.74) is 4.59. The molecule has 1 fully saturated rings. The number of hydrogen-bond donors (Lipinski definition) is 3. The average molecular weight is 373 g/mol. The number of rotatable bonds is 4. The third kappa shape index (κ3) is 3.64. The minimum Gasteiger partial charge on any atom is -0.390 e. The number of nitrogens with zero attached hydrogens (tertiary/aromatic N) is 3. The maximum absolute atomic E-state index is 12.7. The summed E-state index contributed by atoms with van der Waals surface area (Å²) in [5.74, 6) is 0.637. The van der Waals surface area contributed by atoms with Crippen molar-refractivity contribution in [1.82, 2.24) is 25.6 Å². The van der Waals surface area contributed by atoms with E-state index in [0.717, 1.165) is 60.5 Å². The van der Waals surface area contributed by atoms with E-state index in [1.807, 2.05) is 13.8 Å². The normalized spacial score (nSPS) is 23.2. The fourth-order valence-corrected chi connectivity index (χ4v) is 4.17. The fourth-order valence-electron chi connectivity index (χ4n) is 4.17. The zero-order valence-corrected chi connectivity index (χ0v) is 15.9. The van der Waals surface area contributed by atoms with Gasteiger partial charge in [-0.2, -0.15) is 5.10 Å². The third-order valence-electron chi connectivity index (χ3n) is 5.82. The molecule has 0 spiro atoms. The summed E-state index contributed by atoms with van der Waals surface area (Å²) in [4.78, 5) is 14.9. The molecule has 0 unspecified atom stereocenters. The van der Waals surface area contributed by atoms with Crippen LogP contribution >= 0.6 is 0 Å². The Morgan fingerprint density at radius 2 is 2.19 bits per heavy atom. The minimum atomic E-state index is -0.613. The van der Waals surface area contributed by atoms with Gasteiger partial charge in [0.25, 0.3) is 5.91 Å². The number of H-pyrrole nitrogens is 1. The molecule has 146 valence electrons. The van der Waals surface area contributed by atoms with Crippen molar-refractivity contribution in [3.63, 3.8) is 0 Å². The quantitative estimate of drug-likeness (QED) is 0.745. The predicted octanol–water partition coefficient (Wildman–Crippen LogP) is 1.26. The first-order valence-corrected chi connectivity index (χ1v) is 9.72. The Hall–Kier alpha value is -2.19. The van der Waals surface area contributed by atoms with Gasteiger partial charge in [0.2, 0.25) is 0 Å². The highest BCUT2D eigenvalue weighted by molar-refractivity contribution is 5.94. The maximum atomic E-state index is 12.7. The number of amides is 1. The number of aromatic amines is 1. The van der Waals surface area contributed by atoms with Gasteiger partial charge in [-0.3, -0.25) is 14.8 Å². The molecule has 1 saturated heterocycles. The standard InChI is InChI=1S/C19H27N5O3/c1-11-14(12(2)27-23-11)9-24-8-7-16(17(25)10-24)20-19(26)18-13-5-3-4-6-15(13)21-22-18/h16-17,25H,3-10H2,1-2H3,(H,20,26)(H,21,22)/t16-,17-/m1/s1. The molecule has 8 heteroatoms. The molecule has 3 N–H and O–H groups in total. The summed E-state index contributed by atoms with van der Waals surface area (Å²) in [5, 5.41) is 24.8. The van der Waals surface area contributed by atoms with E-state index in [9.17, 15) is 9.90 Å². The molecule has 27 heavy (non-hydrogen) atoms. The minimum absolute atomic E-state index is 0.183. The molecule has 4 rings (SSSR count). The topological polar surface area (TPSA) is 107 Å². The second kappa shape index (κ2) is 7.44. The smallest absolute Gasteiger partial charge is 0.272 e. The van der Waals surface area contributed by atoms with Crippen molar-refractivity contribution in [1.29, 1.82) is 0 Å². The maximum Gasteiger partial charge on any atom is 0.272 e. The van der Waals surface area contributed by atoms with Gasteiger partial charge in [0, 0.05) is 36.5 Å². The van der Waals surface area contributed by atoms with Gasteiger partial charge >= 0.3 is 0 Å². The Labute approximate surface area is 158 Å². The van der Waals surface area contributed by atoms with Gasteiger partial charge in [-0.25, -0.2) is 0 Å². The zero-order valence-electron chi connectivity index (χ0n) is 15.9. The number of carbonyl (C=O) groups excluding carboxylic acids is 1. The molecule has 0 aromatic carbocycles. The predicted molar refractivity (Wildman–Crippen MR) is 98.4 cm³/mol. The van der Waals surface area contributed by atoms with Gasteiger partial charge in [0.15, 0.2) is 5.69 Å². The average Bonchev–Trinajstić information content (AvgIpc) is 3.22. The van der Waals surface area contributed by atoms with Gasteiger partial charge in [-0.05, 0) is 46.0 Å². The summed E-state index contributed by atoms with van der Waals surface area (Å²) >= 11 is 0. The van der Waals surface area contributed by atoms with E-state index in [1.54, 1.807) is 0 Å². The molecule has 2 aliphatic rings. The second-order valence-electron chi connectivity index (χ2n) is 7.71. The van der Waals surface area contributed by atoms with Crippen LogP contribution in [0.2, 0.25) is 0 Å². The molecule has 2 aromatic heterocycles. The highest BCUT2D eigenvalue weighted by Crippen LogP contribution is 2.23. The molecule has 2 aromatic rings. The Morgan fingerprint density at radius 1 is 1.37 bits per heavy atom. The summed E-state index contributed by atoms with van der Waals surface area (Å²) in [7, 11) is 0. The molecular weight excluding hydrogens is 346 g/mol. The number of aliphatic hydroxyl groups excluding tert-OH is 1. The van der Waals surface area contributed by atoms with Gasteiger partial charge in [0.1, 0.15) is 5.76 Å². The van der Waals surface area contributed by atoms with Crippen LogP contribution in [0.15, 0.2) is 4.52 Å². The van der Waals surface area contributed by atoms with E-state index in [0.29, 0.717) is 25.2 Å². The number of carbonyl (C=O) groups is 1. The fraction of sp³-hybridized carbons (Fsp3) is 0.632. The van der Waals surface area contributed by atoms with Gasteiger partial charge < -0.3 is 14.9 Å². The van der Waals surface area contributed by atoms with E-state index >= 15 is 0 Å². The molecular formula is C19H27N5O3. The molecule has 1 aliphatic carbocycles. The Bertz CT molecular complexity index is 808. The van der Waals surface area contributed by atoms with Crippen LogP contribution < -0.4 is 5.32 Å². The lowest BCUT2D eigenvalue weighted by Crippen LogP contribution is -2.54. The molecule has 8 nitrogen and oxygen atoms in total. The Morgan fingerprint density at radius 3 is 2.93 bits per heavy atom. The van der Waals surface area contributed by atoms with Crippen LogP contribution in [0.5, 0.6) is 0 Å². The van der Waals surface area contributed by atoms with Crippen LogP contribution in [0, 0.1) is 13.8 Å². The SMILES string of the molecule is Cc1noc(C)c1CN1CC[C@@H](NC(=O)c2n[nH]c3c2CCCC3)[C@H](O)C1. The van der Waals surface area contributed by atoms with Crippen molar-refractivity contribution in [2.45, 2.75) is 64.6 Å². The highest BCUT2D eigenvalue weighted by atomic mass is 16.5. The molecule has 3 heterocycles. The number of aromatic nitrogens is 3. The molecule has 1 amide bonds. The van der Waals surface area contributed by atoms with Crippen molar-refractivity contribution in [2.24, 2.45) is 0 Å². The van der Waals surface area contributed by atoms with Crippen LogP contribution in [-0.2, 0) is 19.4 Å². The Balaban J connectivity index is 1.36. The monoisotopic (exact) mass is 373 g/mol.